The van der Waals surface area contributed by atoms with E-state index in [0.717, 1.165) is 21.3 Å². The number of nitrogen functional groups attached to an aromatic ring is 1. The zero-order chi connectivity index (χ0) is 14.0. The zero-order valence-corrected chi connectivity index (χ0v) is 12.5. The average molecular weight is 324 g/mol. The average Bonchev–Trinajstić information content (AvgIpc) is 2.41. The van der Waals surface area contributed by atoms with Crippen molar-refractivity contribution in [1.82, 2.24) is 9.97 Å². The maximum absolute atomic E-state index is 5.82. The molecule has 0 bridgehead atoms. The molecule has 0 atom stereocenters. The Hall–Kier alpha value is -1.82. The van der Waals surface area contributed by atoms with Crippen molar-refractivity contribution in [2.75, 3.05) is 20.0 Å². The van der Waals surface area contributed by atoms with Crippen LogP contribution in [0.25, 0.3) is 11.3 Å². The second-order valence-electron chi connectivity index (χ2n) is 3.90. The smallest absolute Gasteiger partial charge is 0.146 e. The highest BCUT2D eigenvalue weighted by Crippen LogP contribution is 2.42. The Morgan fingerprint density at radius 3 is 2.53 bits per heavy atom. The van der Waals surface area contributed by atoms with Crippen LogP contribution in [-0.4, -0.2) is 24.2 Å². The lowest BCUT2D eigenvalue weighted by Gasteiger charge is -2.14. The summed E-state index contributed by atoms with van der Waals surface area (Å²) in [4.78, 5) is 8.25. The highest BCUT2D eigenvalue weighted by molar-refractivity contribution is 9.10. The first kappa shape index (κ1) is 13.6. The van der Waals surface area contributed by atoms with Gasteiger partial charge in [0, 0.05) is 11.1 Å². The first-order valence-electron chi connectivity index (χ1n) is 5.58. The van der Waals surface area contributed by atoms with Crippen LogP contribution in [0.4, 0.5) is 5.82 Å². The van der Waals surface area contributed by atoms with Crippen LogP contribution in [0.15, 0.2) is 22.9 Å². The van der Waals surface area contributed by atoms with Gasteiger partial charge in [0.2, 0.25) is 0 Å². The summed E-state index contributed by atoms with van der Waals surface area (Å²) in [6, 6.07) is 3.73. The molecule has 2 rings (SSSR count). The molecule has 0 aliphatic heterocycles. The summed E-state index contributed by atoms with van der Waals surface area (Å²) in [5.41, 5.74) is 8.21. The van der Waals surface area contributed by atoms with Gasteiger partial charge in [0.15, 0.2) is 0 Å². The molecule has 2 N–H and O–H groups in total. The van der Waals surface area contributed by atoms with Crippen molar-refractivity contribution in [1.29, 1.82) is 0 Å². The van der Waals surface area contributed by atoms with Crippen molar-refractivity contribution >= 4 is 21.7 Å². The fourth-order valence-electron chi connectivity index (χ4n) is 1.82. The van der Waals surface area contributed by atoms with Gasteiger partial charge in [-0.05, 0) is 35.0 Å². The molecule has 0 saturated carbocycles. The highest BCUT2D eigenvalue weighted by atomic mass is 79.9. The van der Waals surface area contributed by atoms with Gasteiger partial charge in [-0.3, -0.25) is 0 Å². The molecule has 19 heavy (non-hydrogen) atoms. The first-order chi connectivity index (χ1) is 9.10. The summed E-state index contributed by atoms with van der Waals surface area (Å²) >= 11 is 3.47. The Kier molecular flexibility index (Phi) is 3.90. The maximum Gasteiger partial charge on any atom is 0.146 e. The lowest BCUT2D eigenvalue weighted by atomic mass is 10.1. The number of hydrogen-bond donors (Lipinski definition) is 1. The molecule has 0 spiro atoms. The summed E-state index contributed by atoms with van der Waals surface area (Å²) in [6.45, 7) is 1.88. The zero-order valence-electron chi connectivity index (χ0n) is 10.9. The molecule has 2 aromatic rings. The van der Waals surface area contributed by atoms with Crippen LogP contribution in [0.2, 0.25) is 0 Å². The number of methoxy groups -OCH3 is 2. The van der Waals surface area contributed by atoms with E-state index in [1.54, 1.807) is 14.2 Å². The van der Waals surface area contributed by atoms with Crippen LogP contribution in [0.1, 0.15) is 5.56 Å². The second kappa shape index (κ2) is 5.44. The molecule has 0 aliphatic carbocycles. The van der Waals surface area contributed by atoms with E-state index in [2.05, 4.69) is 25.9 Å². The van der Waals surface area contributed by atoms with Crippen LogP contribution >= 0.6 is 15.9 Å². The van der Waals surface area contributed by atoms with Crippen molar-refractivity contribution in [3.05, 3.63) is 28.5 Å². The topological polar surface area (TPSA) is 70.3 Å². The van der Waals surface area contributed by atoms with Crippen LogP contribution < -0.4 is 15.2 Å². The van der Waals surface area contributed by atoms with Crippen molar-refractivity contribution < 1.29 is 9.47 Å². The standard InChI is InChI=1S/C13H14BrN3O2/c1-7-11(16-6-17-13(7)15)8-4-5-9(18-2)10(14)12(8)19-3/h4-6H,1-3H3,(H2,15,16,17). The van der Waals surface area contributed by atoms with E-state index in [4.69, 9.17) is 15.2 Å². The van der Waals surface area contributed by atoms with Crippen molar-refractivity contribution in [3.63, 3.8) is 0 Å². The van der Waals surface area contributed by atoms with Crippen LogP contribution in [0, 0.1) is 6.92 Å². The van der Waals surface area contributed by atoms with Crippen molar-refractivity contribution in [2.24, 2.45) is 0 Å². The van der Waals surface area contributed by atoms with Gasteiger partial charge in [-0.2, -0.15) is 0 Å². The van der Waals surface area contributed by atoms with Crippen LogP contribution in [-0.2, 0) is 0 Å². The Morgan fingerprint density at radius 2 is 1.89 bits per heavy atom. The minimum atomic E-state index is 0.457. The summed E-state index contributed by atoms with van der Waals surface area (Å²) in [5.74, 6) is 1.81. The molecule has 5 nitrogen and oxygen atoms in total. The van der Waals surface area contributed by atoms with Gasteiger partial charge in [-0.1, -0.05) is 0 Å². The van der Waals surface area contributed by atoms with Crippen LogP contribution in [0.3, 0.4) is 0 Å². The minimum Gasteiger partial charge on any atom is -0.495 e. The molecule has 6 heteroatoms. The Bertz CT molecular complexity index is 617. The molecular formula is C13H14BrN3O2. The molecule has 0 saturated heterocycles. The minimum absolute atomic E-state index is 0.457. The third-order valence-corrected chi connectivity index (χ3v) is 3.61. The quantitative estimate of drug-likeness (QED) is 0.940. The number of aromatic nitrogens is 2. The highest BCUT2D eigenvalue weighted by Gasteiger charge is 2.17. The predicted octanol–water partition coefficient (Wildman–Crippen LogP) is 2.81. The summed E-state index contributed by atoms with van der Waals surface area (Å²) in [7, 11) is 3.20. The summed E-state index contributed by atoms with van der Waals surface area (Å²) in [5, 5.41) is 0. The van der Waals surface area contributed by atoms with Crippen LogP contribution in [0.5, 0.6) is 11.5 Å². The van der Waals surface area contributed by atoms with E-state index in [0.29, 0.717) is 17.3 Å². The van der Waals surface area contributed by atoms with Gasteiger partial charge >= 0.3 is 0 Å². The first-order valence-corrected chi connectivity index (χ1v) is 6.37. The number of ether oxygens (including phenoxy) is 2. The monoisotopic (exact) mass is 323 g/mol. The van der Waals surface area contributed by atoms with Gasteiger partial charge in [-0.25, -0.2) is 9.97 Å². The van der Waals surface area contributed by atoms with Gasteiger partial charge in [-0.15, -0.1) is 0 Å². The molecule has 0 radical (unpaired) electrons. The number of hydrogen-bond acceptors (Lipinski definition) is 5. The molecule has 100 valence electrons. The number of benzene rings is 1. The fraction of sp³-hybridized carbons (Fsp3) is 0.231. The van der Waals surface area contributed by atoms with Crippen molar-refractivity contribution in [3.8, 4) is 22.8 Å². The van der Waals surface area contributed by atoms with E-state index >= 15 is 0 Å². The Balaban J connectivity index is 2.69. The van der Waals surface area contributed by atoms with Gasteiger partial charge in [0.25, 0.3) is 0 Å². The summed E-state index contributed by atoms with van der Waals surface area (Å²) in [6.07, 6.45) is 1.44. The van der Waals surface area contributed by atoms with E-state index < -0.39 is 0 Å². The van der Waals surface area contributed by atoms with E-state index in [-0.39, 0.29) is 0 Å². The lowest BCUT2D eigenvalue weighted by Crippen LogP contribution is -2.00. The molecule has 1 heterocycles. The largest absolute Gasteiger partial charge is 0.495 e. The number of nitrogens with two attached hydrogens (primary N) is 1. The fourth-order valence-corrected chi connectivity index (χ4v) is 2.49. The number of halogens is 1. The molecule has 1 aromatic carbocycles. The number of rotatable bonds is 3. The molecule has 0 fully saturated rings. The molecule has 0 aliphatic rings. The van der Waals surface area contributed by atoms with E-state index in [1.165, 1.54) is 6.33 Å². The SMILES string of the molecule is COc1ccc(-c2ncnc(N)c2C)c(OC)c1Br. The molecule has 0 amide bonds. The Labute approximate surface area is 119 Å². The lowest BCUT2D eigenvalue weighted by molar-refractivity contribution is 0.390. The van der Waals surface area contributed by atoms with Crippen molar-refractivity contribution in [2.45, 2.75) is 6.92 Å². The van der Waals surface area contributed by atoms with Gasteiger partial charge in [0.05, 0.1) is 19.9 Å². The van der Waals surface area contributed by atoms with Gasteiger partial charge in [0.1, 0.15) is 28.1 Å². The maximum atomic E-state index is 5.82. The van der Waals surface area contributed by atoms with E-state index in [1.807, 2.05) is 19.1 Å². The van der Waals surface area contributed by atoms with E-state index in [9.17, 15) is 0 Å². The molecule has 0 unspecified atom stereocenters. The molecular weight excluding hydrogens is 310 g/mol. The number of nitrogens with zero attached hydrogens (tertiary/aromatic N) is 2. The Morgan fingerprint density at radius 1 is 1.16 bits per heavy atom. The normalized spacial score (nSPS) is 10.3. The third-order valence-electron chi connectivity index (χ3n) is 2.86. The molecule has 1 aromatic heterocycles. The second-order valence-corrected chi connectivity index (χ2v) is 4.69. The third kappa shape index (κ3) is 2.35. The van der Waals surface area contributed by atoms with Gasteiger partial charge < -0.3 is 15.2 Å². The predicted molar refractivity (Wildman–Crippen MR) is 77.4 cm³/mol. The number of anilines is 1. The summed E-state index contributed by atoms with van der Waals surface area (Å²) < 4.78 is 11.4.